The van der Waals surface area contributed by atoms with E-state index in [9.17, 15) is 4.79 Å². The number of halogens is 1. The van der Waals surface area contributed by atoms with E-state index in [0.717, 1.165) is 24.0 Å². The molecule has 0 amide bonds. The first kappa shape index (κ1) is 15.2. The summed E-state index contributed by atoms with van der Waals surface area (Å²) in [6.45, 7) is 3.02. The number of fused-ring (bicyclic) bond motifs is 1. The standard InChI is InChI=1S/C16H23ClN2O/c1-2-3-4-5-6-7-8-11-19-15-10-9-13(17)12-14(15)18-16(19)20/h9-10,12H,2-8,11H2,1H3,(H,18,20). The molecule has 2 rings (SSSR count). The third kappa shape index (κ3) is 3.89. The molecule has 0 spiro atoms. The van der Waals surface area contributed by atoms with E-state index in [0.29, 0.717) is 5.02 Å². The molecule has 0 saturated carbocycles. The summed E-state index contributed by atoms with van der Waals surface area (Å²) in [5, 5.41) is 0.654. The van der Waals surface area contributed by atoms with Crippen LogP contribution in [0.25, 0.3) is 11.0 Å². The van der Waals surface area contributed by atoms with E-state index < -0.39 is 0 Å². The summed E-state index contributed by atoms with van der Waals surface area (Å²) in [5.74, 6) is 0. The Labute approximate surface area is 125 Å². The summed E-state index contributed by atoms with van der Waals surface area (Å²) in [7, 11) is 0. The summed E-state index contributed by atoms with van der Waals surface area (Å²) in [6, 6.07) is 5.55. The van der Waals surface area contributed by atoms with Gasteiger partial charge in [0.15, 0.2) is 0 Å². The average molecular weight is 295 g/mol. The minimum Gasteiger partial charge on any atom is -0.305 e. The Morgan fingerprint density at radius 2 is 1.80 bits per heavy atom. The highest BCUT2D eigenvalue weighted by atomic mass is 35.5. The maximum absolute atomic E-state index is 11.9. The number of H-pyrrole nitrogens is 1. The molecule has 0 atom stereocenters. The molecule has 1 N–H and O–H groups in total. The highest BCUT2D eigenvalue weighted by Gasteiger charge is 2.06. The van der Waals surface area contributed by atoms with Crippen molar-refractivity contribution >= 4 is 22.6 Å². The van der Waals surface area contributed by atoms with Crippen LogP contribution in [0, 0.1) is 0 Å². The number of imidazole rings is 1. The number of aryl methyl sites for hydroxylation is 1. The molecule has 0 saturated heterocycles. The predicted molar refractivity (Wildman–Crippen MR) is 85.6 cm³/mol. The van der Waals surface area contributed by atoms with Crippen LogP contribution >= 0.6 is 11.6 Å². The van der Waals surface area contributed by atoms with E-state index >= 15 is 0 Å². The molecule has 0 fully saturated rings. The minimum atomic E-state index is -0.0340. The number of hydrogen-bond acceptors (Lipinski definition) is 1. The number of hydrogen-bond donors (Lipinski definition) is 1. The molecule has 2 aromatic rings. The van der Waals surface area contributed by atoms with E-state index in [2.05, 4.69) is 11.9 Å². The summed E-state index contributed by atoms with van der Waals surface area (Å²) >= 11 is 5.94. The van der Waals surface area contributed by atoms with Gasteiger partial charge in [-0.3, -0.25) is 4.57 Å². The van der Waals surface area contributed by atoms with Crippen molar-refractivity contribution in [3.63, 3.8) is 0 Å². The maximum atomic E-state index is 11.9. The van der Waals surface area contributed by atoms with Crippen LogP contribution in [0.1, 0.15) is 51.9 Å². The highest BCUT2D eigenvalue weighted by molar-refractivity contribution is 6.31. The quantitative estimate of drug-likeness (QED) is 0.702. The van der Waals surface area contributed by atoms with Crippen LogP contribution in [0.5, 0.6) is 0 Å². The van der Waals surface area contributed by atoms with E-state index in [4.69, 9.17) is 11.6 Å². The topological polar surface area (TPSA) is 37.8 Å². The van der Waals surface area contributed by atoms with Crippen LogP contribution in [0.4, 0.5) is 0 Å². The van der Waals surface area contributed by atoms with Crippen LogP contribution in [-0.4, -0.2) is 9.55 Å². The van der Waals surface area contributed by atoms with Gasteiger partial charge in [-0.05, 0) is 24.6 Å². The van der Waals surface area contributed by atoms with E-state index in [1.807, 2.05) is 16.7 Å². The summed E-state index contributed by atoms with van der Waals surface area (Å²) in [6.07, 6.45) is 8.78. The molecule has 1 heterocycles. The lowest BCUT2D eigenvalue weighted by molar-refractivity contribution is 0.549. The molecular weight excluding hydrogens is 272 g/mol. The number of benzene rings is 1. The zero-order chi connectivity index (χ0) is 14.4. The number of unbranched alkanes of at least 4 members (excludes halogenated alkanes) is 6. The fraction of sp³-hybridized carbons (Fsp3) is 0.562. The molecular formula is C16H23ClN2O. The second kappa shape index (κ2) is 7.53. The molecule has 4 heteroatoms. The summed E-state index contributed by atoms with van der Waals surface area (Å²) < 4.78 is 1.82. The molecule has 110 valence electrons. The van der Waals surface area contributed by atoms with Crippen LogP contribution in [-0.2, 0) is 6.54 Å². The number of nitrogens with zero attached hydrogens (tertiary/aromatic N) is 1. The van der Waals surface area contributed by atoms with Crippen molar-refractivity contribution in [1.82, 2.24) is 9.55 Å². The molecule has 0 aliphatic heterocycles. The van der Waals surface area contributed by atoms with E-state index in [-0.39, 0.29) is 5.69 Å². The Bertz CT molecular complexity index is 600. The van der Waals surface area contributed by atoms with E-state index in [1.165, 1.54) is 38.5 Å². The van der Waals surface area contributed by atoms with Gasteiger partial charge in [0, 0.05) is 11.6 Å². The molecule has 20 heavy (non-hydrogen) atoms. The van der Waals surface area contributed by atoms with Gasteiger partial charge in [0.1, 0.15) is 0 Å². The smallest absolute Gasteiger partial charge is 0.305 e. The van der Waals surface area contributed by atoms with Gasteiger partial charge in [-0.1, -0.05) is 57.0 Å². The fourth-order valence-corrected chi connectivity index (χ4v) is 2.76. The van der Waals surface area contributed by atoms with E-state index in [1.54, 1.807) is 6.07 Å². The third-order valence-corrected chi connectivity index (χ3v) is 3.96. The molecule has 0 aliphatic carbocycles. The Kier molecular flexibility index (Phi) is 5.72. The van der Waals surface area contributed by atoms with Crippen LogP contribution in [0.15, 0.2) is 23.0 Å². The van der Waals surface area contributed by atoms with Crippen molar-refractivity contribution in [3.05, 3.63) is 33.7 Å². The Morgan fingerprint density at radius 1 is 1.10 bits per heavy atom. The van der Waals surface area contributed by atoms with Gasteiger partial charge < -0.3 is 4.98 Å². The number of rotatable bonds is 8. The Balaban J connectivity index is 1.87. The SMILES string of the molecule is CCCCCCCCCn1c(=O)[nH]c2cc(Cl)ccc21. The van der Waals surface area contributed by atoms with Crippen LogP contribution in [0.2, 0.25) is 5.02 Å². The average Bonchev–Trinajstić information content (AvgIpc) is 2.73. The molecule has 0 bridgehead atoms. The number of aromatic amines is 1. The van der Waals surface area contributed by atoms with Gasteiger partial charge in [-0.2, -0.15) is 0 Å². The lowest BCUT2D eigenvalue weighted by atomic mass is 10.1. The van der Waals surface area contributed by atoms with Gasteiger partial charge in [0.2, 0.25) is 0 Å². The van der Waals surface area contributed by atoms with Crippen molar-refractivity contribution in [2.45, 2.75) is 58.4 Å². The van der Waals surface area contributed by atoms with Gasteiger partial charge in [-0.25, -0.2) is 4.79 Å². The Hall–Kier alpha value is -1.22. The minimum absolute atomic E-state index is 0.0340. The van der Waals surface area contributed by atoms with Crippen molar-refractivity contribution in [1.29, 1.82) is 0 Å². The van der Waals surface area contributed by atoms with Crippen molar-refractivity contribution in [2.75, 3.05) is 0 Å². The van der Waals surface area contributed by atoms with Crippen LogP contribution in [0.3, 0.4) is 0 Å². The molecule has 1 aromatic heterocycles. The van der Waals surface area contributed by atoms with Crippen molar-refractivity contribution in [3.8, 4) is 0 Å². The normalized spacial score (nSPS) is 11.3. The number of nitrogens with one attached hydrogen (secondary N) is 1. The van der Waals surface area contributed by atoms with Crippen molar-refractivity contribution < 1.29 is 0 Å². The number of aromatic nitrogens is 2. The van der Waals surface area contributed by atoms with Crippen LogP contribution < -0.4 is 5.69 Å². The monoisotopic (exact) mass is 294 g/mol. The Morgan fingerprint density at radius 3 is 2.55 bits per heavy atom. The van der Waals surface area contributed by atoms with Crippen molar-refractivity contribution in [2.24, 2.45) is 0 Å². The second-order valence-electron chi connectivity index (χ2n) is 5.36. The zero-order valence-corrected chi connectivity index (χ0v) is 12.9. The molecule has 3 nitrogen and oxygen atoms in total. The van der Waals surface area contributed by atoms with Gasteiger partial charge >= 0.3 is 5.69 Å². The summed E-state index contributed by atoms with van der Waals surface area (Å²) in [5.41, 5.74) is 1.74. The van der Waals surface area contributed by atoms with Gasteiger partial charge in [0.25, 0.3) is 0 Å². The lowest BCUT2D eigenvalue weighted by Gasteiger charge is -2.04. The largest absolute Gasteiger partial charge is 0.326 e. The predicted octanol–water partition coefficient (Wildman–Crippen LogP) is 4.73. The third-order valence-electron chi connectivity index (χ3n) is 3.72. The molecule has 0 radical (unpaired) electrons. The first-order chi connectivity index (χ1) is 9.72. The molecule has 1 aromatic carbocycles. The molecule has 0 unspecified atom stereocenters. The van der Waals surface area contributed by atoms with Gasteiger partial charge in [-0.15, -0.1) is 0 Å². The highest BCUT2D eigenvalue weighted by Crippen LogP contribution is 2.17. The fourth-order valence-electron chi connectivity index (χ4n) is 2.58. The maximum Gasteiger partial charge on any atom is 0.326 e. The second-order valence-corrected chi connectivity index (χ2v) is 5.80. The first-order valence-corrected chi connectivity index (χ1v) is 7.98. The first-order valence-electron chi connectivity index (χ1n) is 7.60. The molecule has 0 aliphatic rings. The van der Waals surface area contributed by atoms with Gasteiger partial charge in [0.05, 0.1) is 11.0 Å². The summed E-state index contributed by atoms with van der Waals surface area (Å²) in [4.78, 5) is 14.8. The lowest BCUT2D eigenvalue weighted by Crippen LogP contribution is -2.16. The zero-order valence-electron chi connectivity index (χ0n) is 12.1.